The molecule has 37 heavy (non-hydrogen) atoms. The number of sulfonamides is 1. The van der Waals surface area contributed by atoms with Crippen molar-refractivity contribution < 1.29 is 8.42 Å². The molecule has 0 bridgehead atoms. The van der Waals surface area contributed by atoms with E-state index in [9.17, 15) is 8.42 Å². The molecule has 1 aromatic heterocycles. The van der Waals surface area contributed by atoms with Crippen LogP contribution in [0.25, 0.3) is 11.0 Å². The molecule has 0 radical (unpaired) electrons. The molecule has 0 spiro atoms. The Labute approximate surface area is 230 Å². The summed E-state index contributed by atoms with van der Waals surface area (Å²) in [7, 11) is 0.156. The van der Waals surface area contributed by atoms with E-state index in [1.54, 1.807) is 12.1 Å². The molecule has 4 N–H and O–H groups in total. The summed E-state index contributed by atoms with van der Waals surface area (Å²) in [6.07, 6.45) is 0.558. The molecule has 0 amide bonds. The van der Waals surface area contributed by atoms with Gasteiger partial charge in [-0.25, -0.2) is 18.1 Å². The van der Waals surface area contributed by atoms with Crippen LogP contribution < -0.4 is 10.5 Å². The average Bonchev–Trinajstić information content (AvgIpc) is 3.15. The van der Waals surface area contributed by atoms with Gasteiger partial charge in [0.25, 0.3) is 0 Å². The normalized spacial score (nSPS) is 11.2. The molecular weight excluding hydrogens is 531 g/mol. The Bertz CT molecular complexity index is 1440. The van der Waals surface area contributed by atoms with Crippen molar-refractivity contribution >= 4 is 51.7 Å². The number of hydrogen-bond donors (Lipinski definition) is 3. The van der Waals surface area contributed by atoms with E-state index in [1.165, 1.54) is 0 Å². The topological polar surface area (TPSA) is 117 Å². The zero-order valence-electron chi connectivity index (χ0n) is 20.7. The maximum Gasteiger partial charge on any atom is 0.240 e. The highest BCUT2D eigenvalue weighted by molar-refractivity contribution is 7.89. The zero-order chi connectivity index (χ0) is 25.0. The van der Waals surface area contributed by atoms with Crippen LogP contribution in [0.15, 0.2) is 77.7 Å². The van der Waals surface area contributed by atoms with Gasteiger partial charge in [-0.15, -0.1) is 24.8 Å². The minimum atomic E-state index is -3.64. The first-order valence-corrected chi connectivity index (χ1v) is 12.8. The summed E-state index contributed by atoms with van der Waals surface area (Å²) >= 11 is 0. The van der Waals surface area contributed by atoms with Crippen molar-refractivity contribution in [3.63, 3.8) is 0 Å². The van der Waals surface area contributed by atoms with Crippen molar-refractivity contribution in [2.75, 3.05) is 27.2 Å². The fourth-order valence-corrected chi connectivity index (χ4v) is 4.92. The van der Waals surface area contributed by atoms with Crippen molar-refractivity contribution in [1.82, 2.24) is 19.2 Å². The number of nitrogens with one attached hydrogen (secondary N) is 2. The van der Waals surface area contributed by atoms with E-state index in [0.717, 1.165) is 22.5 Å². The monoisotopic (exact) mass is 562 g/mol. The molecular formula is C26H32Cl2N6O2S. The summed E-state index contributed by atoms with van der Waals surface area (Å²) < 4.78 is 30.4. The number of nitrogens with two attached hydrogens (primary N) is 1. The lowest BCUT2D eigenvalue weighted by Crippen LogP contribution is -2.31. The molecule has 0 fully saturated rings. The van der Waals surface area contributed by atoms with E-state index in [4.69, 9.17) is 16.1 Å². The van der Waals surface area contributed by atoms with Gasteiger partial charge < -0.3 is 15.2 Å². The molecule has 0 aliphatic heterocycles. The standard InChI is InChI=1S/C26H30N6O2S.2ClH/c1-31(2)15-14-29-35(33,34)22-12-13-24-23(17-22)30-25(32(24)18-20-6-4-3-5-7-20)16-19-8-10-21(11-9-19)26(27)28;;/h3-13,17,29H,14-16,18H2,1-2H3,(H3,27,28);2*1H. The summed E-state index contributed by atoms with van der Waals surface area (Å²) in [6, 6.07) is 22.7. The molecule has 11 heteroatoms. The number of fused-ring (bicyclic) bond motifs is 1. The Hall–Kier alpha value is -2.95. The third-order valence-electron chi connectivity index (χ3n) is 5.77. The smallest absolute Gasteiger partial charge is 0.240 e. The van der Waals surface area contributed by atoms with Gasteiger partial charge in [0, 0.05) is 31.6 Å². The van der Waals surface area contributed by atoms with Crippen LogP contribution in [-0.2, 0) is 23.0 Å². The van der Waals surface area contributed by atoms with Gasteiger partial charge in [0.1, 0.15) is 11.7 Å². The third kappa shape index (κ3) is 7.53. The van der Waals surface area contributed by atoms with Gasteiger partial charge in [0.2, 0.25) is 10.0 Å². The van der Waals surface area contributed by atoms with E-state index in [0.29, 0.717) is 37.1 Å². The SMILES string of the molecule is CN(C)CCNS(=O)(=O)c1ccc2c(c1)nc(Cc1ccc(C(=N)N)cc1)n2Cc1ccccc1.Cl.Cl. The van der Waals surface area contributed by atoms with Crippen LogP contribution >= 0.6 is 24.8 Å². The van der Waals surface area contributed by atoms with Gasteiger partial charge in [-0.3, -0.25) is 5.41 Å². The van der Waals surface area contributed by atoms with Crippen molar-refractivity contribution in [3.8, 4) is 0 Å². The fourth-order valence-electron chi connectivity index (χ4n) is 3.88. The second kappa shape index (κ2) is 13.0. The van der Waals surface area contributed by atoms with E-state index in [1.807, 2.05) is 67.5 Å². The second-order valence-corrected chi connectivity index (χ2v) is 10.5. The fraction of sp³-hybridized carbons (Fsp3) is 0.231. The lowest BCUT2D eigenvalue weighted by atomic mass is 10.1. The number of rotatable bonds is 10. The van der Waals surface area contributed by atoms with Crippen LogP contribution in [0.2, 0.25) is 0 Å². The van der Waals surface area contributed by atoms with Gasteiger partial charge in [-0.05, 0) is 43.4 Å². The summed E-state index contributed by atoms with van der Waals surface area (Å²) in [5.74, 6) is 0.857. The van der Waals surface area contributed by atoms with E-state index in [2.05, 4.69) is 21.4 Å². The molecule has 4 aromatic rings. The number of hydrogen-bond acceptors (Lipinski definition) is 5. The molecule has 1 heterocycles. The third-order valence-corrected chi connectivity index (χ3v) is 7.23. The number of benzene rings is 3. The van der Waals surface area contributed by atoms with E-state index >= 15 is 0 Å². The number of nitrogen functional groups attached to an aromatic ring is 1. The predicted molar refractivity (Wildman–Crippen MR) is 154 cm³/mol. The maximum atomic E-state index is 12.8. The summed E-state index contributed by atoms with van der Waals surface area (Å²) in [5, 5.41) is 7.60. The van der Waals surface area contributed by atoms with Crippen molar-refractivity contribution in [1.29, 1.82) is 5.41 Å². The maximum absolute atomic E-state index is 12.8. The van der Waals surface area contributed by atoms with Gasteiger partial charge >= 0.3 is 0 Å². The van der Waals surface area contributed by atoms with Crippen LogP contribution in [0.3, 0.4) is 0 Å². The number of amidine groups is 1. The van der Waals surface area contributed by atoms with Crippen LogP contribution in [0.4, 0.5) is 0 Å². The number of halogens is 2. The minimum Gasteiger partial charge on any atom is -0.384 e. The summed E-state index contributed by atoms with van der Waals surface area (Å²) in [5.41, 5.74) is 9.91. The van der Waals surface area contributed by atoms with Gasteiger partial charge in [-0.2, -0.15) is 0 Å². The Morgan fingerprint density at radius 2 is 1.68 bits per heavy atom. The molecule has 0 aliphatic rings. The highest BCUT2D eigenvalue weighted by atomic mass is 35.5. The molecule has 4 rings (SSSR count). The highest BCUT2D eigenvalue weighted by Gasteiger charge is 2.18. The van der Waals surface area contributed by atoms with Crippen molar-refractivity contribution in [2.24, 2.45) is 5.73 Å². The molecule has 198 valence electrons. The molecule has 0 saturated carbocycles. The van der Waals surface area contributed by atoms with E-state index < -0.39 is 10.0 Å². The van der Waals surface area contributed by atoms with E-state index in [-0.39, 0.29) is 35.5 Å². The van der Waals surface area contributed by atoms with Crippen LogP contribution in [0.1, 0.15) is 22.5 Å². The number of imidazole rings is 1. The van der Waals surface area contributed by atoms with Gasteiger partial charge in [0.15, 0.2) is 0 Å². The Kier molecular flexibility index (Phi) is 10.7. The highest BCUT2D eigenvalue weighted by Crippen LogP contribution is 2.23. The largest absolute Gasteiger partial charge is 0.384 e. The minimum absolute atomic E-state index is 0. The first-order chi connectivity index (χ1) is 16.7. The zero-order valence-corrected chi connectivity index (χ0v) is 23.2. The Morgan fingerprint density at radius 3 is 2.30 bits per heavy atom. The first kappa shape index (κ1) is 30.3. The molecule has 0 aliphatic carbocycles. The van der Waals surface area contributed by atoms with Crippen LogP contribution in [0, 0.1) is 5.41 Å². The Morgan fingerprint density at radius 1 is 1.00 bits per heavy atom. The average molecular weight is 564 g/mol. The van der Waals surface area contributed by atoms with Gasteiger partial charge in [-0.1, -0.05) is 54.6 Å². The van der Waals surface area contributed by atoms with Crippen molar-refractivity contribution in [3.05, 3.63) is 95.3 Å². The second-order valence-electron chi connectivity index (χ2n) is 8.74. The summed E-state index contributed by atoms with van der Waals surface area (Å²) in [6.45, 7) is 1.56. The lowest BCUT2D eigenvalue weighted by molar-refractivity contribution is 0.412. The number of nitrogens with zero attached hydrogens (tertiary/aromatic N) is 3. The molecule has 3 aromatic carbocycles. The number of aromatic nitrogens is 2. The van der Waals surface area contributed by atoms with Crippen molar-refractivity contribution in [2.45, 2.75) is 17.9 Å². The molecule has 0 unspecified atom stereocenters. The Balaban J connectivity index is 0.00000241. The predicted octanol–water partition coefficient (Wildman–Crippen LogP) is 3.64. The summed E-state index contributed by atoms with van der Waals surface area (Å²) in [4.78, 5) is 6.96. The first-order valence-electron chi connectivity index (χ1n) is 11.3. The number of likely N-dealkylation sites (N-methyl/N-ethyl adjacent to an activating group) is 1. The molecule has 0 saturated heterocycles. The van der Waals surface area contributed by atoms with Crippen LogP contribution in [-0.4, -0.2) is 55.9 Å². The molecule has 8 nitrogen and oxygen atoms in total. The molecule has 0 atom stereocenters. The van der Waals surface area contributed by atoms with Crippen LogP contribution in [0.5, 0.6) is 0 Å². The lowest BCUT2D eigenvalue weighted by Gasteiger charge is -2.12. The van der Waals surface area contributed by atoms with Gasteiger partial charge in [0.05, 0.1) is 15.9 Å². The quantitative estimate of drug-likeness (QED) is 0.201.